The summed E-state index contributed by atoms with van der Waals surface area (Å²) in [5.41, 5.74) is 1.64. The van der Waals surface area contributed by atoms with Gasteiger partial charge in [-0.3, -0.25) is 34.2 Å². The first kappa shape index (κ1) is 25.9. The molecule has 1 fully saturated rings. The minimum absolute atomic E-state index is 0.0797. The van der Waals surface area contributed by atoms with E-state index in [1.54, 1.807) is 12.1 Å². The van der Waals surface area contributed by atoms with Crippen molar-refractivity contribution in [3.63, 3.8) is 0 Å². The van der Waals surface area contributed by atoms with Crippen LogP contribution < -0.4 is 9.64 Å². The van der Waals surface area contributed by atoms with Crippen molar-refractivity contribution in [3.8, 4) is 11.5 Å². The summed E-state index contributed by atoms with van der Waals surface area (Å²) in [4.78, 5) is 65.6. The molecule has 2 aromatic carbocycles. The molecular formula is C29H21BrN2O8. The van der Waals surface area contributed by atoms with Gasteiger partial charge in [0, 0.05) is 46.9 Å². The van der Waals surface area contributed by atoms with Crippen LogP contribution in [-0.4, -0.2) is 40.5 Å². The van der Waals surface area contributed by atoms with Crippen LogP contribution in [0.3, 0.4) is 0 Å². The molecule has 10 nitrogen and oxygen atoms in total. The molecule has 4 unspecified atom stereocenters. The third-order valence-electron chi connectivity index (χ3n) is 8.20. The standard InChI is InChI=1S/C29H21BrN2O8/c1-40-15-6-7-17(22(33)10-15)24-16-8-9-18-25(19(16)11-20-26(24)23(34)12-21(30)27(20)35)29(37)31(28(18)36)13-2-4-14(5-3-13)32(38)39/h2-8,10,12,18-19,24-25,33H,9,11H2,1H3. The Hall–Kier alpha value is -4.38. The number of aromatic hydroxyl groups is 1. The molecule has 2 aromatic rings. The van der Waals surface area contributed by atoms with E-state index < -0.39 is 40.4 Å². The minimum Gasteiger partial charge on any atom is -0.507 e. The predicted molar refractivity (Wildman–Crippen MR) is 145 cm³/mol. The molecule has 0 spiro atoms. The number of phenols is 1. The number of nitrogens with zero attached hydrogens (tertiary/aromatic N) is 2. The number of ether oxygens (including phenoxy) is 1. The van der Waals surface area contributed by atoms with Crippen molar-refractivity contribution < 1.29 is 33.9 Å². The highest BCUT2D eigenvalue weighted by Gasteiger charge is 2.57. The van der Waals surface area contributed by atoms with Gasteiger partial charge in [0.05, 0.1) is 34.0 Å². The predicted octanol–water partition coefficient (Wildman–Crippen LogP) is 4.28. The quantitative estimate of drug-likeness (QED) is 0.179. The maximum atomic E-state index is 13.9. The lowest BCUT2D eigenvalue weighted by Crippen LogP contribution is -2.39. The fraction of sp³-hybridized carbons (Fsp3) is 0.241. The second kappa shape index (κ2) is 9.37. The number of Topliss-reactive ketones (excluding diaryl/α,β-unsaturated/α-hetero) is 1. The number of amides is 2. The Labute approximate surface area is 235 Å². The van der Waals surface area contributed by atoms with Crippen LogP contribution in [0.2, 0.25) is 0 Å². The average Bonchev–Trinajstić information content (AvgIpc) is 3.20. The van der Waals surface area contributed by atoms with Crippen LogP contribution in [0.5, 0.6) is 11.5 Å². The summed E-state index contributed by atoms with van der Waals surface area (Å²) in [6, 6.07) is 9.90. The third-order valence-corrected chi connectivity index (χ3v) is 8.79. The number of carbonyl (C=O) groups excluding carboxylic acids is 4. The molecule has 1 saturated heterocycles. The molecule has 40 heavy (non-hydrogen) atoms. The van der Waals surface area contributed by atoms with Gasteiger partial charge in [0.2, 0.25) is 11.8 Å². The van der Waals surface area contributed by atoms with Gasteiger partial charge in [-0.15, -0.1) is 0 Å². The van der Waals surface area contributed by atoms with E-state index in [0.29, 0.717) is 16.9 Å². The highest BCUT2D eigenvalue weighted by Crippen LogP contribution is 2.56. The van der Waals surface area contributed by atoms with Crippen molar-refractivity contribution in [3.05, 3.63) is 91.5 Å². The van der Waals surface area contributed by atoms with E-state index in [4.69, 9.17) is 4.74 Å². The smallest absolute Gasteiger partial charge is 0.269 e. The molecule has 0 radical (unpaired) electrons. The van der Waals surface area contributed by atoms with Gasteiger partial charge >= 0.3 is 0 Å². The molecule has 202 valence electrons. The van der Waals surface area contributed by atoms with Crippen molar-refractivity contribution in [2.24, 2.45) is 17.8 Å². The normalized spacial score (nSPS) is 25.7. The lowest BCUT2D eigenvalue weighted by Gasteiger charge is -2.42. The first-order valence-corrected chi connectivity index (χ1v) is 13.3. The number of hydrogen-bond donors (Lipinski definition) is 1. The Balaban J connectivity index is 1.46. The van der Waals surface area contributed by atoms with Gasteiger partial charge in [0.1, 0.15) is 11.5 Å². The Morgan fingerprint density at radius 3 is 2.42 bits per heavy atom. The first-order valence-electron chi connectivity index (χ1n) is 12.5. The van der Waals surface area contributed by atoms with Gasteiger partial charge in [-0.05, 0) is 52.9 Å². The maximum absolute atomic E-state index is 13.9. The Morgan fingerprint density at radius 2 is 1.77 bits per heavy atom. The van der Waals surface area contributed by atoms with Crippen molar-refractivity contribution >= 4 is 50.7 Å². The lowest BCUT2D eigenvalue weighted by molar-refractivity contribution is -0.384. The number of nitro groups is 1. The van der Waals surface area contributed by atoms with Crippen LogP contribution in [0.15, 0.2) is 75.8 Å². The molecule has 1 aliphatic heterocycles. The molecular weight excluding hydrogens is 584 g/mol. The van der Waals surface area contributed by atoms with E-state index in [9.17, 15) is 34.4 Å². The summed E-state index contributed by atoms with van der Waals surface area (Å²) in [5, 5.41) is 22.0. The summed E-state index contributed by atoms with van der Waals surface area (Å²) in [6.45, 7) is 0. The zero-order valence-corrected chi connectivity index (χ0v) is 22.6. The maximum Gasteiger partial charge on any atom is 0.269 e. The minimum atomic E-state index is -0.813. The van der Waals surface area contributed by atoms with Crippen LogP contribution in [-0.2, 0) is 19.2 Å². The number of non-ortho nitro benzene ring substituents is 1. The van der Waals surface area contributed by atoms with E-state index in [0.717, 1.165) is 4.90 Å². The van der Waals surface area contributed by atoms with Gasteiger partial charge in [-0.2, -0.15) is 0 Å². The number of methoxy groups -OCH3 is 1. The number of nitro benzene ring substituents is 1. The Morgan fingerprint density at radius 1 is 1.05 bits per heavy atom. The lowest BCUT2D eigenvalue weighted by atomic mass is 9.59. The number of imide groups is 1. The summed E-state index contributed by atoms with van der Waals surface area (Å²) in [6.07, 6.45) is 3.38. The largest absolute Gasteiger partial charge is 0.507 e. The summed E-state index contributed by atoms with van der Waals surface area (Å²) < 4.78 is 5.32. The van der Waals surface area contributed by atoms with Crippen LogP contribution >= 0.6 is 15.9 Å². The summed E-state index contributed by atoms with van der Waals surface area (Å²) >= 11 is 3.19. The number of allylic oxidation sites excluding steroid dienone is 6. The van der Waals surface area contributed by atoms with Crippen molar-refractivity contribution in [2.75, 3.05) is 12.0 Å². The molecule has 0 aromatic heterocycles. The monoisotopic (exact) mass is 604 g/mol. The van der Waals surface area contributed by atoms with Crippen molar-refractivity contribution in [1.29, 1.82) is 0 Å². The number of rotatable bonds is 4. The second-order valence-electron chi connectivity index (χ2n) is 10.1. The highest BCUT2D eigenvalue weighted by molar-refractivity contribution is 9.12. The number of ketones is 2. The van der Waals surface area contributed by atoms with E-state index in [1.807, 2.05) is 6.08 Å². The summed E-state index contributed by atoms with van der Waals surface area (Å²) in [5.74, 6) is -4.25. The number of carbonyl (C=O) groups is 4. The van der Waals surface area contributed by atoms with E-state index in [2.05, 4.69) is 15.9 Å². The van der Waals surface area contributed by atoms with Crippen LogP contribution in [0.25, 0.3) is 0 Å². The van der Waals surface area contributed by atoms with Gasteiger partial charge in [0.25, 0.3) is 5.69 Å². The molecule has 0 bridgehead atoms. The molecule has 2 amide bonds. The fourth-order valence-electron chi connectivity index (χ4n) is 6.43. The van der Waals surface area contributed by atoms with Gasteiger partial charge < -0.3 is 9.84 Å². The topological polar surface area (TPSA) is 144 Å². The van der Waals surface area contributed by atoms with Gasteiger partial charge in [-0.25, -0.2) is 0 Å². The van der Waals surface area contributed by atoms with Crippen LogP contribution in [0, 0.1) is 27.9 Å². The first-order chi connectivity index (χ1) is 19.1. The molecule has 1 heterocycles. The molecule has 4 aliphatic rings. The number of hydrogen-bond acceptors (Lipinski definition) is 8. The molecule has 11 heteroatoms. The Kier molecular flexibility index (Phi) is 6.06. The van der Waals surface area contributed by atoms with Crippen LogP contribution in [0.1, 0.15) is 24.3 Å². The van der Waals surface area contributed by atoms with E-state index in [1.165, 1.54) is 43.5 Å². The molecule has 1 N–H and O–H groups in total. The van der Waals surface area contributed by atoms with Gasteiger partial charge in [0.15, 0.2) is 11.6 Å². The number of halogens is 1. The van der Waals surface area contributed by atoms with Crippen molar-refractivity contribution in [1.82, 2.24) is 0 Å². The molecule has 0 saturated carbocycles. The number of fused-ring (bicyclic) bond motifs is 3. The number of anilines is 1. The van der Waals surface area contributed by atoms with E-state index >= 15 is 0 Å². The molecule has 3 aliphatic carbocycles. The third kappa shape index (κ3) is 3.75. The van der Waals surface area contributed by atoms with E-state index in [-0.39, 0.29) is 57.2 Å². The SMILES string of the molecule is COc1ccc(C2C3=CCC4C(=O)N(c5ccc([N+](=O)[O-])cc5)C(=O)C4C3CC3=C2C(=O)C=C(Br)C3=O)c(O)c1. The summed E-state index contributed by atoms with van der Waals surface area (Å²) in [7, 11) is 1.46. The average molecular weight is 605 g/mol. The second-order valence-corrected chi connectivity index (χ2v) is 11.0. The fourth-order valence-corrected chi connectivity index (χ4v) is 6.88. The van der Waals surface area contributed by atoms with Crippen LogP contribution in [0.4, 0.5) is 11.4 Å². The Bertz CT molecular complexity index is 1640. The molecule has 4 atom stereocenters. The molecule has 6 rings (SSSR count). The zero-order chi connectivity index (χ0) is 28.5. The zero-order valence-electron chi connectivity index (χ0n) is 21.0. The highest BCUT2D eigenvalue weighted by atomic mass is 79.9. The van der Waals surface area contributed by atoms with Crippen molar-refractivity contribution in [2.45, 2.75) is 18.8 Å². The number of phenolic OH excluding ortho intramolecular Hbond substituents is 1. The number of benzene rings is 2. The van der Waals surface area contributed by atoms with Gasteiger partial charge in [-0.1, -0.05) is 17.7 Å².